The summed E-state index contributed by atoms with van der Waals surface area (Å²) in [6.07, 6.45) is 5.25. The molecule has 0 spiro atoms. The molecule has 2 heterocycles. The van der Waals surface area contributed by atoms with Gasteiger partial charge in [-0.15, -0.1) is 0 Å². The number of aromatic nitrogens is 2. The number of nitrogens with zero attached hydrogens (tertiary/aromatic N) is 2. The summed E-state index contributed by atoms with van der Waals surface area (Å²) in [5, 5.41) is 9.58. The number of amides is 1. The zero-order chi connectivity index (χ0) is 16.0. The summed E-state index contributed by atoms with van der Waals surface area (Å²) in [5.74, 6) is -1.28. The number of aliphatic carboxylic acids is 1. The maximum Gasteiger partial charge on any atom is 0.332 e. The maximum atomic E-state index is 12.9. The van der Waals surface area contributed by atoms with Crippen LogP contribution in [0.3, 0.4) is 0 Å². The Morgan fingerprint density at radius 2 is 2.04 bits per heavy atom. The Balaban J connectivity index is 1.69. The molecule has 1 atom stereocenters. The smallest absolute Gasteiger partial charge is 0.332 e. The minimum atomic E-state index is -1.05. The largest absolute Gasteiger partial charge is 0.479 e. The second-order valence-electron chi connectivity index (χ2n) is 6.09. The minimum Gasteiger partial charge on any atom is -0.479 e. The number of aromatic amines is 1. The van der Waals surface area contributed by atoms with Gasteiger partial charge in [0.2, 0.25) is 0 Å². The molecule has 118 valence electrons. The van der Waals surface area contributed by atoms with Crippen molar-refractivity contribution in [1.29, 1.82) is 0 Å². The number of carbonyl (C=O) groups is 2. The summed E-state index contributed by atoms with van der Waals surface area (Å²) in [4.78, 5) is 33.1. The molecule has 23 heavy (non-hydrogen) atoms. The molecular weight excluding hydrogens is 294 g/mol. The molecule has 0 unspecified atom stereocenters. The number of hydrogen-bond acceptors (Lipinski definition) is 3. The fraction of sp³-hybridized carbons (Fsp3) is 0.353. The second-order valence-corrected chi connectivity index (χ2v) is 6.09. The van der Waals surface area contributed by atoms with Crippen LogP contribution in [-0.2, 0) is 24.1 Å². The maximum absolute atomic E-state index is 12.9. The first-order valence-corrected chi connectivity index (χ1v) is 7.83. The van der Waals surface area contributed by atoms with E-state index >= 15 is 0 Å². The van der Waals surface area contributed by atoms with Crippen LogP contribution >= 0.6 is 0 Å². The van der Waals surface area contributed by atoms with E-state index in [1.54, 1.807) is 0 Å². The van der Waals surface area contributed by atoms with E-state index in [9.17, 15) is 14.7 Å². The summed E-state index contributed by atoms with van der Waals surface area (Å²) >= 11 is 0. The van der Waals surface area contributed by atoms with Gasteiger partial charge in [-0.1, -0.05) is 6.07 Å². The van der Waals surface area contributed by atoms with Crippen LogP contribution in [0.1, 0.15) is 45.3 Å². The average molecular weight is 311 g/mol. The number of benzene rings is 1. The number of imidazole rings is 1. The molecule has 6 nitrogen and oxygen atoms in total. The number of carbonyl (C=O) groups excluding carboxylic acids is 1. The van der Waals surface area contributed by atoms with Gasteiger partial charge in [-0.05, 0) is 42.5 Å². The van der Waals surface area contributed by atoms with Crippen molar-refractivity contribution < 1.29 is 14.7 Å². The van der Waals surface area contributed by atoms with Crippen molar-refractivity contribution in [2.24, 2.45) is 0 Å². The van der Waals surface area contributed by atoms with Crippen LogP contribution in [0.15, 0.2) is 24.5 Å². The summed E-state index contributed by atoms with van der Waals surface area (Å²) in [5.41, 5.74) is 4.31. The summed E-state index contributed by atoms with van der Waals surface area (Å²) in [7, 11) is 0. The Bertz CT molecular complexity index is 796. The lowest BCUT2D eigenvalue weighted by Crippen LogP contribution is -2.43. The molecular formula is C17H17N3O3. The number of nitrogens with one attached hydrogen (secondary N) is 1. The van der Waals surface area contributed by atoms with Gasteiger partial charge in [-0.3, -0.25) is 4.79 Å². The standard InChI is InChI=1S/C17H17N3O3/c21-16(12-5-4-10-2-1-3-11(10)8-12)20-7-6-13-14(19-9-18-13)15(20)17(22)23/h4-5,8-9,15H,1-3,6-7H2,(H,18,19)(H,22,23)/t15-/m0/s1. The number of hydrogen-bond donors (Lipinski definition) is 2. The van der Waals surface area contributed by atoms with Crippen LogP contribution in [-0.4, -0.2) is 38.4 Å². The van der Waals surface area contributed by atoms with Crippen LogP contribution in [0.25, 0.3) is 0 Å². The van der Waals surface area contributed by atoms with Crippen molar-refractivity contribution in [2.75, 3.05) is 6.54 Å². The van der Waals surface area contributed by atoms with Crippen molar-refractivity contribution in [3.63, 3.8) is 0 Å². The first-order chi connectivity index (χ1) is 11.1. The highest BCUT2D eigenvalue weighted by molar-refractivity contribution is 5.97. The molecule has 2 aromatic rings. The number of rotatable bonds is 2. The molecule has 0 radical (unpaired) electrons. The predicted molar refractivity (Wildman–Crippen MR) is 82.2 cm³/mol. The Labute approximate surface area is 133 Å². The summed E-state index contributed by atoms with van der Waals surface area (Å²) in [6.45, 7) is 0.377. The normalized spacial score (nSPS) is 19.3. The lowest BCUT2D eigenvalue weighted by molar-refractivity contribution is -0.143. The molecule has 4 rings (SSSR count). The van der Waals surface area contributed by atoms with Crippen molar-refractivity contribution in [2.45, 2.75) is 31.7 Å². The highest BCUT2D eigenvalue weighted by atomic mass is 16.4. The van der Waals surface area contributed by atoms with Crippen molar-refractivity contribution >= 4 is 11.9 Å². The second kappa shape index (κ2) is 5.22. The van der Waals surface area contributed by atoms with E-state index in [2.05, 4.69) is 9.97 Å². The van der Waals surface area contributed by atoms with Gasteiger partial charge in [0.1, 0.15) is 0 Å². The number of carboxylic acids is 1. The molecule has 0 saturated heterocycles. The minimum absolute atomic E-state index is 0.235. The van der Waals surface area contributed by atoms with Gasteiger partial charge in [0.15, 0.2) is 6.04 Å². The predicted octanol–water partition coefficient (Wildman–Crippen LogP) is 1.72. The Kier molecular flexibility index (Phi) is 3.18. The first-order valence-electron chi connectivity index (χ1n) is 7.83. The van der Waals surface area contributed by atoms with E-state index in [0.29, 0.717) is 24.2 Å². The zero-order valence-corrected chi connectivity index (χ0v) is 12.6. The lowest BCUT2D eigenvalue weighted by atomic mass is 10.00. The first kappa shape index (κ1) is 14.0. The zero-order valence-electron chi connectivity index (χ0n) is 12.6. The van der Waals surface area contributed by atoms with E-state index < -0.39 is 12.0 Å². The average Bonchev–Trinajstić information content (AvgIpc) is 3.20. The molecule has 2 aliphatic rings. The molecule has 1 aromatic heterocycles. The van der Waals surface area contributed by atoms with Crippen LogP contribution in [0.2, 0.25) is 0 Å². The van der Waals surface area contributed by atoms with Crippen LogP contribution in [0, 0.1) is 0 Å². The Hall–Kier alpha value is -2.63. The summed E-state index contributed by atoms with van der Waals surface area (Å²) < 4.78 is 0. The quantitative estimate of drug-likeness (QED) is 0.884. The van der Waals surface area contributed by atoms with Gasteiger partial charge < -0.3 is 15.0 Å². The SMILES string of the molecule is O=C(O)[C@@H]1c2nc[nH]c2CCN1C(=O)c1ccc2c(c1)CCC2. The van der Waals surface area contributed by atoms with Gasteiger partial charge in [0.05, 0.1) is 12.0 Å². The van der Waals surface area contributed by atoms with Gasteiger partial charge in [-0.2, -0.15) is 0 Å². The summed E-state index contributed by atoms with van der Waals surface area (Å²) in [6, 6.07) is 4.70. The molecule has 1 amide bonds. The van der Waals surface area contributed by atoms with Gasteiger partial charge in [0.25, 0.3) is 5.91 Å². The number of H-pyrrole nitrogens is 1. The van der Waals surface area contributed by atoms with Crippen LogP contribution in [0.5, 0.6) is 0 Å². The van der Waals surface area contributed by atoms with Crippen molar-refractivity contribution in [3.8, 4) is 0 Å². The van der Waals surface area contributed by atoms with E-state index in [4.69, 9.17) is 0 Å². The van der Waals surface area contributed by atoms with E-state index in [-0.39, 0.29) is 5.91 Å². The van der Waals surface area contributed by atoms with E-state index in [0.717, 1.165) is 25.0 Å². The lowest BCUT2D eigenvalue weighted by Gasteiger charge is -2.32. The molecule has 0 bridgehead atoms. The molecule has 0 saturated carbocycles. The third kappa shape index (κ3) is 2.21. The fourth-order valence-electron chi connectivity index (χ4n) is 3.62. The van der Waals surface area contributed by atoms with Gasteiger partial charge in [-0.25, -0.2) is 9.78 Å². The third-order valence-electron chi connectivity index (χ3n) is 4.77. The van der Waals surface area contributed by atoms with Gasteiger partial charge in [0, 0.05) is 24.2 Å². The van der Waals surface area contributed by atoms with Crippen molar-refractivity contribution in [1.82, 2.24) is 14.9 Å². The molecule has 0 fully saturated rings. The molecule has 6 heteroatoms. The molecule has 1 aliphatic carbocycles. The van der Waals surface area contributed by atoms with Crippen molar-refractivity contribution in [3.05, 3.63) is 52.6 Å². The third-order valence-corrected chi connectivity index (χ3v) is 4.77. The van der Waals surface area contributed by atoms with Crippen LogP contribution < -0.4 is 0 Å². The van der Waals surface area contributed by atoms with E-state index in [1.807, 2.05) is 18.2 Å². The monoisotopic (exact) mass is 311 g/mol. The fourth-order valence-corrected chi connectivity index (χ4v) is 3.62. The number of aryl methyl sites for hydroxylation is 2. The molecule has 1 aliphatic heterocycles. The number of fused-ring (bicyclic) bond motifs is 2. The Morgan fingerprint density at radius 1 is 1.22 bits per heavy atom. The topological polar surface area (TPSA) is 86.3 Å². The highest BCUT2D eigenvalue weighted by Crippen LogP contribution is 2.30. The van der Waals surface area contributed by atoms with E-state index in [1.165, 1.54) is 22.4 Å². The molecule has 1 aromatic carbocycles. The van der Waals surface area contributed by atoms with Crippen LogP contribution in [0.4, 0.5) is 0 Å². The number of carboxylic acid groups (broad SMARTS) is 1. The van der Waals surface area contributed by atoms with Gasteiger partial charge >= 0.3 is 5.97 Å². The Morgan fingerprint density at radius 3 is 2.87 bits per heavy atom. The highest BCUT2D eigenvalue weighted by Gasteiger charge is 2.38. The molecule has 2 N–H and O–H groups in total.